The van der Waals surface area contributed by atoms with Crippen molar-refractivity contribution < 1.29 is 14.7 Å². The highest BCUT2D eigenvalue weighted by atomic mass is 35.5. The first kappa shape index (κ1) is 19.6. The number of Topliss-reactive ketones (excluding diaryl/α,β-unsaturated/α-hetero) is 1. The largest absolute Gasteiger partial charge is 0.478 e. The molecule has 29 heavy (non-hydrogen) atoms. The van der Waals surface area contributed by atoms with Gasteiger partial charge in [-0.15, -0.1) is 22.7 Å². The molecule has 0 fully saturated rings. The molecule has 2 aromatic carbocycles. The van der Waals surface area contributed by atoms with Crippen molar-refractivity contribution >= 4 is 46.0 Å². The highest BCUT2D eigenvalue weighted by Gasteiger charge is 2.22. The lowest BCUT2D eigenvalue weighted by atomic mass is 10.0. The van der Waals surface area contributed by atoms with Gasteiger partial charge < -0.3 is 5.11 Å². The third kappa shape index (κ3) is 4.17. The number of rotatable bonds is 6. The molecule has 0 atom stereocenters. The fourth-order valence-electron chi connectivity index (χ4n) is 3.08. The molecule has 0 spiro atoms. The lowest BCUT2D eigenvalue weighted by Gasteiger charge is -2.04. The third-order valence-electron chi connectivity index (χ3n) is 4.48. The number of aromatic carboxylic acids is 1. The van der Waals surface area contributed by atoms with Gasteiger partial charge in [0, 0.05) is 21.2 Å². The van der Waals surface area contributed by atoms with Crippen molar-refractivity contribution in [3.8, 4) is 20.9 Å². The Morgan fingerprint density at radius 3 is 2.31 bits per heavy atom. The number of carboxylic acid groups (broad SMARTS) is 1. The number of carbonyl (C=O) groups is 2. The summed E-state index contributed by atoms with van der Waals surface area (Å²) in [6.45, 7) is 0. The van der Waals surface area contributed by atoms with Crippen LogP contribution >= 0.6 is 34.3 Å². The highest BCUT2D eigenvalue weighted by Crippen LogP contribution is 2.35. The van der Waals surface area contributed by atoms with Crippen molar-refractivity contribution in [1.82, 2.24) is 0 Å². The van der Waals surface area contributed by atoms with Crippen LogP contribution in [0.15, 0.2) is 72.1 Å². The fourth-order valence-corrected chi connectivity index (χ4v) is 5.22. The van der Waals surface area contributed by atoms with Gasteiger partial charge in [0.1, 0.15) is 0 Å². The van der Waals surface area contributed by atoms with Gasteiger partial charge in [-0.25, -0.2) is 4.79 Å². The van der Waals surface area contributed by atoms with Gasteiger partial charge in [0.05, 0.1) is 10.4 Å². The Balaban J connectivity index is 1.61. The Morgan fingerprint density at radius 2 is 1.62 bits per heavy atom. The summed E-state index contributed by atoms with van der Waals surface area (Å²) < 4.78 is 0. The molecule has 0 radical (unpaired) electrons. The van der Waals surface area contributed by atoms with Crippen LogP contribution in [0.5, 0.6) is 0 Å². The predicted molar refractivity (Wildman–Crippen MR) is 120 cm³/mol. The van der Waals surface area contributed by atoms with E-state index in [1.165, 1.54) is 22.7 Å². The standard InChI is InChI=1S/C23H15ClO3S2/c24-17-8-6-15(7-9-17)22-21(23(26)27)16(13-28-22)12-18(25)20-11-10-19(29-20)14-4-2-1-3-5-14/h1-11,13H,12H2,(H,26,27). The van der Waals surface area contributed by atoms with Crippen LogP contribution in [0.2, 0.25) is 5.02 Å². The van der Waals surface area contributed by atoms with Crippen molar-refractivity contribution in [1.29, 1.82) is 0 Å². The van der Waals surface area contributed by atoms with Crippen molar-refractivity contribution in [2.75, 3.05) is 0 Å². The number of carbonyl (C=O) groups excluding carboxylic acids is 1. The van der Waals surface area contributed by atoms with E-state index in [1.807, 2.05) is 42.5 Å². The van der Waals surface area contributed by atoms with Gasteiger partial charge in [0.2, 0.25) is 0 Å². The minimum absolute atomic E-state index is 0.0560. The molecule has 0 aliphatic carbocycles. The van der Waals surface area contributed by atoms with E-state index in [0.29, 0.717) is 20.3 Å². The van der Waals surface area contributed by atoms with Gasteiger partial charge in [0.15, 0.2) is 5.78 Å². The number of ketones is 1. The molecule has 0 saturated carbocycles. The normalized spacial score (nSPS) is 10.8. The first-order chi connectivity index (χ1) is 14.0. The van der Waals surface area contributed by atoms with Crippen molar-refractivity contribution in [2.24, 2.45) is 0 Å². The number of hydrogen-bond donors (Lipinski definition) is 1. The maximum atomic E-state index is 12.8. The van der Waals surface area contributed by atoms with E-state index in [0.717, 1.165) is 16.0 Å². The van der Waals surface area contributed by atoms with Crippen LogP contribution in [0, 0.1) is 0 Å². The predicted octanol–water partition coefficient (Wildman–Crippen LogP) is 6.92. The average molecular weight is 439 g/mol. The van der Waals surface area contributed by atoms with E-state index >= 15 is 0 Å². The van der Waals surface area contributed by atoms with Gasteiger partial charge in [0.25, 0.3) is 0 Å². The first-order valence-electron chi connectivity index (χ1n) is 8.81. The van der Waals surface area contributed by atoms with Crippen molar-refractivity contribution in [3.63, 3.8) is 0 Å². The first-order valence-corrected chi connectivity index (χ1v) is 10.9. The van der Waals surface area contributed by atoms with Crippen LogP contribution in [-0.4, -0.2) is 16.9 Å². The van der Waals surface area contributed by atoms with Gasteiger partial charge in [-0.2, -0.15) is 0 Å². The summed E-state index contributed by atoms with van der Waals surface area (Å²) in [4.78, 5) is 27.0. The Bertz CT molecular complexity index is 1170. The highest BCUT2D eigenvalue weighted by molar-refractivity contribution is 7.17. The van der Waals surface area contributed by atoms with Crippen LogP contribution < -0.4 is 0 Å². The van der Waals surface area contributed by atoms with E-state index in [4.69, 9.17) is 11.6 Å². The second kappa shape index (κ2) is 8.33. The molecule has 4 rings (SSSR count). The summed E-state index contributed by atoms with van der Waals surface area (Å²) in [6.07, 6.45) is 0.0560. The van der Waals surface area contributed by atoms with E-state index in [-0.39, 0.29) is 17.8 Å². The summed E-state index contributed by atoms with van der Waals surface area (Å²) >= 11 is 8.69. The summed E-state index contributed by atoms with van der Waals surface area (Å²) in [5.74, 6) is -1.12. The summed E-state index contributed by atoms with van der Waals surface area (Å²) in [5.41, 5.74) is 2.55. The van der Waals surface area contributed by atoms with Gasteiger partial charge in [-0.3, -0.25) is 4.79 Å². The number of hydrogen-bond acceptors (Lipinski definition) is 4. The second-order valence-electron chi connectivity index (χ2n) is 6.41. The molecule has 0 bridgehead atoms. The van der Waals surface area contributed by atoms with Gasteiger partial charge >= 0.3 is 5.97 Å². The molecule has 1 N–H and O–H groups in total. The zero-order valence-electron chi connectivity index (χ0n) is 15.1. The Hall–Kier alpha value is -2.73. The summed E-state index contributed by atoms with van der Waals surface area (Å²) in [5, 5.41) is 12.1. The molecule has 0 unspecified atom stereocenters. The molecule has 2 heterocycles. The zero-order valence-corrected chi connectivity index (χ0v) is 17.5. The molecule has 144 valence electrons. The van der Waals surface area contributed by atoms with Crippen LogP contribution in [0.4, 0.5) is 0 Å². The smallest absolute Gasteiger partial charge is 0.337 e. The topological polar surface area (TPSA) is 54.4 Å². The van der Waals surface area contributed by atoms with E-state index in [9.17, 15) is 14.7 Å². The molecule has 2 aromatic heterocycles. The summed E-state index contributed by atoms with van der Waals surface area (Å²) in [7, 11) is 0. The SMILES string of the molecule is O=C(Cc1csc(-c2ccc(Cl)cc2)c1C(=O)O)c1ccc(-c2ccccc2)s1. The lowest BCUT2D eigenvalue weighted by molar-refractivity contribution is 0.0697. The van der Waals surface area contributed by atoms with Crippen LogP contribution in [0.25, 0.3) is 20.9 Å². The maximum Gasteiger partial charge on any atom is 0.337 e. The fraction of sp³-hybridized carbons (Fsp3) is 0.0435. The van der Waals surface area contributed by atoms with Gasteiger partial charge in [-0.1, -0.05) is 54.1 Å². The Morgan fingerprint density at radius 1 is 0.897 bits per heavy atom. The number of carboxylic acids is 1. The average Bonchev–Trinajstić information content (AvgIpc) is 3.37. The molecular formula is C23H15ClO3S2. The van der Waals surface area contributed by atoms with Crippen molar-refractivity contribution in [2.45, 2.75) is 6.42 Å². The Labute approximate surface area is 180 Å². The molecular weight excluding hydrogens is 424 g/mol. The lowest BCUT2D eigenvalue weighted by Crippen LogP contribution is -2.06. The third-order valence-corrected chi connectivity index (χ3v) is 6.98. The Kier molecular flexibility index (Phi) is 5.62. The van der Waals surface area contributed by atoms with E-state index in [1.54, 1.807) is 29.6 Å². The van der Waals surface area contributed by atoms with E-state index < -0.39 is 5.97 Å². The molecule has 0 aliphatic heterocycles. The van der Waals surface area contributed by atoms with Crippen molar-refractivity contribution in [3.05, 3.63) is 93.1 Å². The second-order valence-corrected chi connectivity index (χ2v) is 8.81. The molecule has 6 heteroatoms. The van der Waals surface area contributed by atoms with E-state index in [2.05, 4.69) is 0 Å². The quantitative estimate of drug-likeness (QED) is 0.332. The molecule has 3 nitrogen and oxygen atoms in total. The zero-order chi connectivity index (χ0) is 20.4. The minimum atomic E-state index is -1.03. The molecule has 0 amide bonds. The molecule has 4 aromatic rings. The molecule has 0 saturated heterocycles. The number of thiophene rings is 2. The monoisotopic (exact) mass is 438 g/mol. The number of benzene rings is 2. The maximum absolute atomic E-state index is 12.8. The summed E-state index contributed by atoms with van der Waals surface area (Å²) in [6, 6.07) is 20.6. The minimum Gasteiger partial charge on any atom is -0.478 e. The van der Waals surface area contributed by atoms with Crippen LogP contribution in [0.3, 0.4) is 0 Å². The van der Waals surface area contributed by atoms with Crippen LogP contribution in [0.1, 0.15) is 25.6 Å². The van der Waals surface area contributed by atoms with Gasteiger partial charge in [-0.05, 0) is 46.3 Å². The molecule has 0 aliphatic rings. The van der Waals surface area contributed by atoms with Crippen LogP contribution in [-0.2, 0) is 6.42 Å². The number of halogens is 1.